The molecule has 4 atom stereocenters. The van der Waals surface area contributed by atoms with Gasteiger partial charge in [0.25, 0.3) is 0 Å². The Balaban J connectivity index is 1.13. The molecule has 1 heterocycles. The number of likely N-dealkylation sites (N-methyl/N-ethyl adjacent to an activating group) is 1. The second-order valence-corrected chi connectivity index (χ2v) is 14.2. The number of aliphatic hydroxyl groups is 1. The molecule has 0 radical (unpaired) electrons. The Morgan fingerprint density at radius 2 is 1.48 bits per heavy atom. The second kappa shape index (κ2) is 18.9. The Bertz CT molecular complexity index is 1980. The molecule has 1 aliphatic heterocycles. The molecule has 54 heavy (non-hydrogen) atoms. The summed E-state index contributed by atoms with van der Waals surface area (Å²) in [5, 5.41) is 23.8. The van der Waals surface area contributed by atoms with Gasteiger partial charge < -0.3 is 19.9 Å². The number of hydrogen-bond acceptors (Lipinski definition) is 7. The number of carbonyl (C=O) groups is 2. The maximum atomic E-state index is 12.6. The number of hydroxylamine groups is 1. The number of amides is 2. The van der Waals surface area contributed by atoms with Crippen molar-refractivity contribution in [2.45, 2.75) is 83.1 Å². The maximum absolute atomic E-state index is 12.6. The predicted molar refractivity (Wildman–Crippen MR) is 210 cm³/mol. The van der Waals surface area contributed by atoms with Crippen LogP contribution in [0.25, 0.3) is 21.9 Å². The van der Waals surface area contributed by atoms with E-state index < -0.39 is 12.2 Å². The van der Waals surface area contributed by atoms with Crippen LogP contribution in [0.1, 0.15) is 91.7 Å². The Hall–Kier alpha value is -4.90. The number of rotatable bonds is 16. The van der Waals surface area contributed by atoms with E-state index >= 15 is 0 Å². The van der Waals surface area contributed by atoms with Crippen LogP contribution in [0.3, 0.4) is 0 Å². The molecule has 9 nitrogen and oxygen atoms in total. The number of carbonyl (C=O) groups excluding carboxylic acids is 2. The highest BCUT2D eigenvalue weighted by atomic mass is 16.7. The minimum atomic E-state index is -0.572. The van der Waals surface area contributed by atoms with E-state index in [9.17, 15) is 14.7 Å². The van der Waals surface area contributed by atoms with Gasteiger partial charge in [-0.3, -0.25) is 19.7 Å². The molecule has 0 spiro atoms. The van der Waals surface area contributed by atoms with Gasteiger partial charge in [0.15, 0.2) is 6.29 Å². The molecule has 2 amide bonds. The SMILES string of the molecule is C[C@H](c1ccc2ccccc2c1)N(C)C[C@@H]1C[C@H](c2ccc(CO)cc2)O[C@H](c2ccc(-c3ccccc3CNC(=O)CCCCCC(=O)NO)cc2)O1. The van der Waals surface area contributed by atoms with Gasteiger partial charge in [-0.25, -0.2) is 5.48 Å². The lowest BCUT2D eigenvalue weighted by molar-refractivity contribution is -0.253. The van der Waals surface area contributed by atoms with Gasteiger partial charge in [0, 0.05) is 44.0 Å². The Morgan fingerprint density at radius 1 is 0.796 bits per heavy atom. The van der Waals surface area contributed by atoms with Crippen molar-refractivity contribution in [1.29, 1.82) is 0 Å². The molecule has 0 aromatic heterocycles. The smallest absolute Gasteiger partial charge is 0.243 e. The molecule has 9 heteroatoms. The van der Waals surface area contributed by atoms with Crippen LogP contribution >= 0.6 is 0 Å². The molecule has 5 aromatic carbocycles. The molecule has 1 saturated heterocycles. The highest BCUT2D eigenvalue weighted by Crippen LogP contribution is 2.39. The topological polar surface area (TPSA) is 120 Å². The van der Waals surface area contributed by atoms with Crippen molar-refractivity contribution in [3.63, 3.8) is 0 Å². The van der Waals surface area contributed by atoms with E-state index in [0.717, 1.165) is 46.3 Å². The third-order valence-electron chi connectivity index (χ3n) is 10.4. The number of benzene rings is 5. The van der Waals surface area contributed by atoms with E-state index in [1.807, 2.05) is 42.5 Å². The average molecular weight is 730 g/mol. The highest BCUT2D eigenvalue weighted by Gasteiger charge is 2.33. The first-order chi connectivity index (χ1) is 26.3. The van der Waals surface area contributed by atoms with Gasteiger partial charge in [-0.2, -0.15) is 0 Å². The lowest BCUT2D eigenvalue weighted by Crippen LogP contribution is -2.38. The molecule has 1 fully saturated rings. The molecule has 5 aromatic rings. The number of nitrogens with zero attached hydrogens (tertiary/aromatic N) is 1. The van der Waals surface area contributed by atoms with Crippen molar-refractivity contribution in [1.82, 2.24) is 15.7 Å². The van der Waals surface area contributed by atoms with Gasteiger partial charge in [0.05, 0.1) is 18.8 Å². The second-order valence-electron chi connectivity index (χ2n) is 14.2. The van der Waals surface area contributed by atoms with Gasteiger partial charge in [-0.05, 0) is 77.0 Å². The Labute approximate surface area is 317 Å². The van der Waals surface area contributed by atoms with Crippen molar-refractivity contribution in [3.05, 3.63) is 143 Å². The maximum Gasteiger partial charge on any atom is 0.243 e. The van der Waals surface area contributed by atoms with E-state index in [0.29, 0.717) is 32.2 Å². The normalized spacial score (nSPS) is 17.7. The molecule has 4 N–H and O–H groups in total. The number of hydrogen-bond donors (Lipinski definition) is 4. The summed E-state index contributed by atoms with van der Waals surface area (Å²) in [6.07, 6.45) is 2.50. The monoisotopic (exact) mass is 729 g/mol. The summed E-state index contributed by atoms with van der Waals surface area (Å²) < 4.78 is 13.4. The molecule has 0 saturated carbocycles. The molecule has 0 aliphatic carbocycles. The van der Waals surface area contributed by atoms with Crippen LogP contribution < -0.4 is 10.8 Å². The molecule has 6 rings (SSSR count). The van der Waals surface area contributed by atoms with Crippen molar-refractivity contribution in [2.24, 2.45) is 0 Å². The molecule has 0 unspecified atom stereocenters. The summed E-state index contributed by atoms with van der Waals surface area (Å²) in [6, 6.07) is 39.6. The van der Waals surface area contributed by atoms with Crippen LogP contribution in [0.2, 0.25) is 0 Å². The standard InChI is InChI=1S/C45H51N3O6/c1-31(37-25-20-33-10-6-7-11-38(33)26-37)48(2)29-40-27-42(35-18-16-32(30-49)17-19-35)54-45(53-40)36-23-21-34(22-24-36)41-13-9-8-12-39(41)28-46-43(50)14-4-3-5-15-44(51)47-52/h6-13,16-26,31,40,42,45,49,52H,3-5,14-15,27-30H2,1-2H3,(H,46,50)(H,47,51)/t31-,40+,42-,45-/m1/s1. The summed E-state index contributed by atoms with van der Waals surface area (Å²) in [5.74, 6) is -0.446. The molecular formula is C45H51N3O6. The zero-order chi connectivity index (χ0) is 37.9. The molecule has 282 valence electrons. The van der Waals surface area contributed by atoms with Crippen molar-refractivity contribution in [2.75, 3.05) is 13.6 Å². The fourth-order valence-corrected chi connectivity index (χ4v) is 7.10. The first kappa shape index (κ1) is 38.8. The third-order valence-corrected chi connectivity index (χ3v) is 10.4. The van der Waals surface area contributed by atoms with Crippen LogP contribution in [0.15, 0.2) is 115 Å². The summed E-state index contributed by atoms with van der Waals surface area (Å²) in [4.78, 5) is 26.1. The lowest BCUT2D eigenvalue weighted by Gasteiger charge is -2.39. The first-order valence-electron chi connectivity index (χ1n) is 18.9. The van der Waals surface area contributed by atoms with Gasteiger partial charge >= 0.3 is 0 Å². The number of fused-ring (bicyclic) bond motifs is 1. The van der Waals surface area contributed by atoms with E-state index in [2.05, 4.69) is 97.0 Å². The van der Waals surface area contributed by atoms with Gasteiger partial charge in [-0.15, -0.1) is 0 Å². The molecule has 1 aliphatic rings. The largest absolute Gasteiger partial charge is 0.392 e. The highest BCUT2D eigenvalue weighted by molar-refractivity contribution is 5.83. The number of ether oxygens (including phenoxy) is 2. The quantitative estimate of drug-likeness (QED) is 0.0458. The van der Waals surface area contributed by atoms with Gasteiger partial charge in [-0.1, -0.05) is 116 Å². The summed E-state index contributed by atoms with van der Waals surface area (Å²) in [7, 11) is 2.15. The van der Waals surface area contributed by atoms with Gasteiger partial charge in [0.1, 0.15) is 0 Å². The molecule has 0 bridgehead atoms. The molecular weight excluding hydrogens is 679 g/mol. The Kier molecular flexibility index (Phi) is 13.6. The van der Waals surface area contributed by atoms with Crippen LogP contribution in [0, 0.1) is 0 Å². The van der Waals surface area contributed by atoms with E-state index in [4.69, 9.17) is 14.7 Å². The lowest BCUT2D eigenvalue weighted by atomic mass is 9.97. The number of unbranched alkanes of at least 4 members (excludes halogenated alkanes) is 2. The van der Waals surface area contributed by atoms with Crippen LogP contribution in [0.5, 0.6) is 0 Å². The number of aliphatic hydroxyl groups excluding tert-OH is 1. The summed E-state index contributed by atoms with van der Waals surface area (Å²) in [5.41, 5.74) is 8.80. The van der Waals surface area contributed by atoms with Gasteiger partial charge in [0.2, 0.25) is 11.8 Å². The fourth-order valence-electron chi connectivity index (χ4n) is 7.10. The first-order valence-corrected chi connectivity index (χ1v) is 18.9. The van der Waals surface area contributed by atoms with Crippen molar-refractivity contribution >= 4 is 22.6 Å². The zero-order valence-electron chi connectivity index (χ0n) is 31.1. The van der Waals surface area contributed by atoms with Crippen LogP contribution in [0.4, 0.5) is 0 Å². The summed E-state index contributed by atoms with van der Waals surface area (Å²) >= 11 is 0. The van der Waals surface area contributed by atoms with E-state index in [1.54, 1.807) is 5.48 Å². The minimum absolute atomic E-state index is 0.00544. The van der Waals surface area contributed by atoms with E-state index in [-0.39, 0.29) is 37.2 Å². The van der Waals surface area contributed by atoms with E-state index in [1.165, 1.54) is 16.3 Å². The summed E-state index contributed by atoms with van der Waals surface area (Å²) in [6.45, 7) is 3.35. The van der Waals surface area contributed by atoms with Crippen LogP contribution in [-0.4, -0.2) is 46.7 Å². The number of nitrogens with one attached hydrogen (secondary N) is 2. The fraction of sp³-hybridized carbons (Fsp3) is 0.333. The zero-order valence-corrected chi connectivity index (χ0v) is 31.1. The van der Waals surface area contributed by atoms with Crippen molar-refractivity contribution < 1.29 is 29.4 Å². The predicted octanol–water partition coefficient (Wildman–Crippen LogP) is 8.31. The minimum Gasteiger partial charge on any atom is -0.392 e. The average Bonchev–Trinajstić information content (AvgIpc) is 3.22. The third kappa shape index (κ3) is 10.2. The Morgan fingerprint density at radius 3 is 2.22 bits per heavy atom. The van der Waals surface area contributed by atoms with Crippen molar-refractivity contribution in [3.8, 4) is 11.1 Å². The van der Waals surface area contributed by atoms with Crippen LogP contribution in [-0.2, 0) is 32.2 Å².